The highest BCUT2D eigenvalue weighted by atomic mass is 32.2. The van der Waals surface area contributed by atoms with E-state index in [1.165, 1.54) is 36.1 Å². The number of phenolic OH excluding ortho intramolecular Hbond substituents is 1. The highest BCUT2D eigenvalue weighted by Gasteiger charge is 2.14. The summed E-state index contributed by atoms with van der Waals surface area (Å²) >= 11 is 2.91. The number of rotatable bonds is 4. The number of hydrogen-bond donors (Lipinski definition) is 1. The summed E-state index contributed by atoms with van der Waals surface area (Å²) in [5, 5.41) is 11.9. The van der Waals surface area contributed by atoms with Gasteiger partial charge < -0.3 is 5.11 Å². The summed E-state index contributed by atoms with van der Waals surface area (Å²) in [5.74, 6) is -0.645. The summed E-state index contributed by atoms with van der Waals surface area (Å²) < 4.78 is 14.3. The largest absolute Gasteiger partial charge is 0.507 e. The number of phenols is 1. The number of hydrogen-bond acceptors (Lipinski definition) is 5. The molecular weight excluding hydrogens is 285 g/mol. The van der Waals surface area contributed by atoms with E-state index in [9.17, 15) is 14.3 Å². The number of nitrogens with zero attached hydrogens (tertiary/aromatic N) is 1. The van der Waals surface area contributed by atoms with Crippen LogP contribution in [0.2, 0.25) is 0 Å². The van der Waals surface area contributed by atoms with Crippen molar-refractivity contribution in [1.29, 1.82) is 0 Å². The lowest BCUT2D eigenvalue weighted by Gasteiger charge is -2.07. The summed E-state index contributed by atoms with van der Waals surface area (Å²) in [6, 6.07) is 2.30. The molecule has 0 aliphatic carbocycles. The van der Waals surface area contributed by atoms with Crippen LogP contribution in [-0.4, -0.2) is 15.9 Å². The summed E-state index contributed by atoms with van der Waals surface area (Å²) in [7, 11) is 0. The number of benzene rings is 1. The van der Waals surface area contributed by atoms with E-state index in [0.717, 1.165) is 16.1 Å². The molecule has 0 radical (unpaired) electrons. The van der Waals surface area contributed by atoms with Crippen molar-refractivity contribution in [2.45, 2.75) is 23.9 Å². The fourth-order valence-electron chi connectivity index (χ4n) is 1.57. The Morgan fingerprint density at radius 1 is 1.53 bits per heavy atom. The van der Waals surface area contributed by atoms with Crippen LogP contribution < -0.4 is 0 Å². The number of aromatic nitrogens is 1. The van der Waals surface area contributed by atoms with Crippen LogP contribution in [0.4, 0.5) is 4.39 Å². The Morgan fingerprint density at radius 3 is 2.84 bits per heavy atom. The third-order valence-electron chi connectivity index (χ3n) is 2.48. The number of carbonyl (C=O) groups is 1. The van der Waals surface area contributed by atoms with Crippen LogP contribution in [0, 0.1) is 12.7 Å². The van der Waals surface area contributed by atoms with Crippen molar-refractivity contribution in [3.63, 3.8) is 0 Å². The first-order chi connectivity index (χ1) is 8.97. The second-order valence-corrected chi connectivity index (χ2v) is 6.14. The van der Waals surface area contributed by atoms with Crippen LogP contribution in [0.15, 0.2) is 21.9 Å². The Labute approximate surface area is 118 Å². The molecule has 0 saturated carbocycles. The highest BCUT2D eigenvalue weighted by Crippen LogP contribution is 2.32. The first kappa shape index (κ1) is 14.0. The quantitative estimate of drug-likeness (QED) is 0.689. The van der Waals surface area contributed by atoms with Gasteiger partial charge in [-0.3, -0.25) is 4.79 Å². The molecule has 0 saturated heterocycles. The Hall–Kier alpha value is -1.40. The zero-order chi connectivity index (χ0) is 14.0. The van der Waals surface area contributed by atoms with Gasteiger partial charge in [-0.2, -0.15) is 0 Å². The van der Waals surface area contributed by atoms with Crippen LogP contribution in [0.3, 0.4) is 0 Å². The SMILES string of the molecule is CC(=O)c1cc(F)cc(CSc2nc(C)cs2)c1O. The summed E-state index contributed by atoms with van der Waals surface area (Å²) in [4.78, 5) is 15.6. The molecule has 0 unspecified atom stereocenters. The molecule has 1 N–H and O–H groups in total. The maximum absolute atomic E-state index is 13.4. The zero-order valence-electron chi connectivity index (χ0n) is 10.4. The molecule has 0 aliphatic heterocycles. The monoisotopic (exact) mass is 297 g/mol. The van der Waals surface area contributed by atoms with Gasteiger partial charge in [-0.05, 0) is 26.0 Å². The first-order valence-corrected chi connectivity index (χ1v) is 7.41. The predicted octanol–water partition coefficient (Wildman–Crippen LogP) is 3.79. The van der Waals surface area contributed by atoms with Crippen molar-refractivity contribution in [3.8, 4) is 5.75 Å². The van der Waals surface area contributed by atoms with Crippen molar-refractivity contribution in [2.75, 3.05) is 0 Å². The van der Waals surface area contributed by atoms with Gasteiger partial charge in [-0.25, -0.2) is 9.37 Å². The normalized spacial score (nSPS) is 10.7. The molecular formula is C13H12FNO2S2. The Balaban J connectivity index is 2.22. The molecule has 1 aromatic heterocycles. The number of halogens is 1. The lowest BCUT2D eigenvalue weighted by molar-refractivity contribution is 0.101. The number of thioether (sulfide) groups is 1. The number of Topliss-reactive ketones (excluding diaryl/α,β-unsaturated/α-hetero) is 1. The molecule has 19 heavy (non-hydrogen) atoms. The molecule has 100 valence electrons. The number of ketones is 1. The van der Waals surface area contributed by atoms with Crippen molar-refractivity contribution >= 4 is 28.9 Å². The topological polar surface area (TPSA) is 50.2 Å². The van der Waals surface area contributed by atoms with E-state index in [1.807, 2.05) is 12.3 Å². The third kappa shape index (κ3) is 3.33. The maximum Gasteiger partial charge on any atom is 0.163 e. The van der Waals surface area contributed by atoms with Gasteiger partial charge in [0.2, 0.25) is 0 Å². The minimum Gasteiger partial charge on any atom is -0.507 e. The lowest BCUT2D eigenvalue weighted by Crippen LogP contribution is -1.97. The van der Waals surface area contributed by atoms with E-state index in [4.69, 9.17) is 0 Å². The highest BCUT2D eigenvalue weighted by molar-refractivity contribution is 8.00. The molecule has 0 amide bonds. The summed E-state index contributed by atoms with van der Waals surface area (Å²) in [6.45, 7) is 3.20. The Kier molecular flexibility index (Phi) is 4.21. The fourth-order valence-corrected chi connectivity index (χ4v) is 3.39. The standard InChI is InChI=1S/C13H12FNO2S2/c1-7-5-18-13(15-7)19-6-9-3-10(14)4-11(8(2)16)12(9)17/h3-5,17H,6H2,1-2H3. The molecule has 3 nitrogen and oxygen atoms in total. The van der Waals surface area contributed by atoms with Crippen molar-refractivity contribution in [2.24, 2.45) is 0 Å². The van der Waals surface area contributed by atoms with Crippen LogP contribution in [0.1, 0.15) is 28.5 Å². The lowest BCUT2D eigenvalue weighted by atomic mass is 10.1. The first-order valence-electron chi connectivity index (χ1n) is 5.54. The van der Waals surface area contributed by atoms with Gasteiger partial charge in [0, 0.05) is 22.4 Å². The average molecular weight is 297 g/mol. The molecule has 0 aliphatic rings. The van der Waals surface area contributed by atoms with Crippen LogP contribution in [0.25, 0.3) is 0 Å². The van der Waals surface area contributed by atoms with Crippen molar-refractivity contribution in [3.05, 3.63) is 40.2 Å². The van der Waals surface area contributed by atoms with E-state index < -0.39 is 5.82 Å². The van der Waals surface area contributed by atoms with E-state index in [0.29, 0.717) is 11.3 Å². The van der Waals surface area contributed by atoms with Gasteiger partial charge in [0.25, 0.3) is 0 Å². The van der Waals surface area contributed by atoms with Gasteiger partial charge in [0.15, 0.2) is 5.78 Å². The van der Waals surface area contributed by atoms with Gasteiger partial charge >= 0.3 is 0 Å². The molecule has 0 atom stereocenters. The van der Waals surface area contributed by atoms with E-state index in [2.05, 4.69) is 4.98 Å². The predicted molar refractivity (Wildman–Crippen MR) is 74.5 cm³/mol. The minimum atomic E-state index is -0.520. The van der Waals surface area contributed by atoms with E-state index >= 15 is 0 Å². The van der Waals surface area contributed by atoms with Crippen molar-refractivity contribution < 1.29 is 14.3 Å². The molecule has 2 rings (SSSR count). The smallest absolute Gasteiger partial charge is 0.163 e. The van der Waals surface area contributed by atoms with E-state index in [1.54, 1.807) is 0 Å². The average Bonchev–Trinajstić information content (AvgIpc) is 2.75. The minimum absolute atomic E-state index is 0.0194. The molecule has 0 bridgehead atoms. The molecule has 1 aromatic carbocycles. The molecule has 2 aromatic rings. The zero-order valence-corrected chi connectivity index (χ0v) is 12.1. The summed E-state index contributed by atoms with van der Waals surface area (Å²) in [5.41, 5.74) is 1.36. The Bertz CT molecular complexity index is 625. The Morgan fingerprint density at radius 2 is 2.26 bits per heavy atom. The summed E-state index contributed by atoms with van der Waals surface area (Å²) in [6.07, 6.45) is 0. The second kappa shape index (κ2) is 5.71. The number of aromatic hydroxyl groups is 1. The third-order valence-corrected chi connectivity index (χ3v) is 4.67. The van der Waals surface area contributed by atoms with E-state index in [-0.39, 0.29) is 17.1 Å². The molecule has 0 fully saturated rings. The molecule has 6 heteroatoms. The van der Waals surface area contributed by atoms with Crippen LogP contribution in [-0.2, 0) is 5.75 Å². The number of carbonyl (C=O) groups excluding carboxylic acids is 1. The molecule has 1 heterocycles. The second-order valence-electron chi connectivity index (χ2n) is 4.06. The van der Waals surface area contributed by atoms with Gasteiger partial charge in [-0.15, -0.1) is 11.3 Å². The fraction of sp³-hybridized carbons (Fsp3) is 0.231. The van der Waals surface area contributed by atoms with Gasteiger partial charge in [0.05, 0.1) is 5.56 Å². The number of thiazole rings is 1. The van der Waals surface area contributed by atoms with Crippen LogP contribution >= 0.6 is 23.1 Å². The maximum atomic E-state index is 13.4. The van der Waals surface area contributed by atoms with Crippen molar-refractivity contribution in [1.82, 2.24) is 4.98 Å². The van der Waals surface area contributed by atoms with Crippen LogP contribution in [0.5, 0.6) is 5.75 Å². The van der Waals surface area contributed by atoms with Gasteiger partial charge in [0.1, 0.15) is 15.9 Å². The van der Waals surface area contributed by atoms with Gasteiger partial charge in [-0.1, -0.05) is 11.8 Å². The molecule has 0 spiro atoms. The number of aryl methyl sites for hydroxylation is 1.